The molecule has 72 valence electrons. The first-order valence-corrected chi connectivity index (χ1v) is 3.54. The van der Waals surface area contributed by atoms with Crippen molar-refractivity contribution in [2.24, 2.45) is 9.98 Å². The van der Waals surface area contributed by atoms with Crippen LogP contribution < -0.4 is 0 Å². The molecule has 0 amide bonds. The molecule has 14 heavy (non-hydrogen) atoms. The number of aryl methyl sites for hydroxylation is 1. The van der Waals surface area contributed by atoms with Crippen molar-refractivity contribution in [2.45, 2.75) is 14.4 Å². The minimum Gasteiger partial charge on any atom is -0.211 e. The summed E-state index contributed by atoms with van der Waals surface area (Å²) in [6, 6.07) is 4.88. The number of nitrogens with zero attached hydrogens (tertiary/aromatic N) is 2. The van der Waals surface area contributed by atoms with E-state index in [0.29, 0.717) is 11.4 Å². The zero-order chi connectivity index (χ0) is 9.68. The maximum Gasteiger partial charge on any atom is 0.240 e. The van der Waals surface area contributed by atoms with E-state index in [9.17, 15) is 9.59 Å². The average Bonchev–Trinajstić information content (AvgIpc) is 2.12. The van der Waals surface area contributed by atoms with E-state index in [0.717, 1.165) is 5.56 Å². The summed E-state index contributed by atoms with van der Waals surface area (Å²) >= 11 is 0. The van der Waals surface area contributed by atoms with E-state index in [-0.39, 0.29) is 7.43 Å². The van der Waals surface area contributed by atoms with Gasteiger partial charge in [-0.25, -0.2) is 9.59 Å². The Kier molecular flexibility index (Phi) is 4.79. The summed E-state index contributed by atoms with van der Waals surface area (Å²) in [7, 11) is 0. The Morgan fingerprint density at radius 2 is 1.79 bits per heavy atom. The van der Waals surface area contributed by atoms with Gasteiger partial charge in [0.1, 0.15) is 0 Å². The predicted molar refractivity (Wildman–Crippen MR) is 53.5 cm³/mol. The highest BCUT2D eigenvalue weighted by atomic mass is 16.1. The maximum atomic E-state index is 10.00. The lowest BCUT2D eigenvalue weighted by atomic mass is 10.2. The smallest absolute Gasteiger partial charge is 0.211 e. The van der Waals surface area contributed by atoms with Gasteiger partial charge in [0, 0.05) is 0 Å². The third kappa shape index (κ3) is 2.79. The summed E-state index contributed by atoms with van der Waals surface area (Å²) in [6.45, 7) is 1.80. The Morgan fingerprint density at radius 1 is 1.14 bits per heavy atom. The van der Waals surface area contributed by atoms with Crippen molar-refractivity contribution in [1.82, 2.24) is 0 Å². The Hall–Kier alpha value is -2.02. The van der Waals surface area contributed by atoms with Crippen LogP contribution in [0.25, 0.3) is 0 Å². The van der Waals surface area contributed by atoms with E-state index in [4.69, 9.17) is 0 Å². The summed E-state index contributed by atoms with van der Waals surface area (Å²) in [5.74, 6) is 0. The molecule has 0 aliphatic carbocycles. The Balaban J connectivity index is 0.00000169. The molecule has 0 aliphatic rings. The SMILES string of the molecule is C.Cc1ccc(N=C=O)cc1N=C=O. The minimum atomic E-state index is 0. The zero-order valence-electron chi connectivity index (χ0n) is 6.94. The fraction of sp³-hybridized carbons (Fsp3) is 0.200. The summed E-state index contributed by atoms with van der Waals surface area (Å²) < 4.78 is 0. The van der Waals surface area contributed by atoms with Crippen LogP contribution in [0.5, 0.6) is 0 Å². The standard InChI is InChI=1S/C9H6N2O2.CH4/c1-7-2-3-8(10-5-12)4-9(7)11-6-13;/h2-4H,1H3;1H4. The molecule has 0 aliphatic heterocycles. The number of isocyanates is 2. The number of rotatable bonds is 2. The molecule has 0 heterocycles. The van der Waals surface area contributed by atoms with Crippen molar-refractivity contribution in [2.75, 3.05) is 0 Å². The summed E-state index contributed by atoms with van der Waals surface area (Å²) in [4.78, 5) is 26.8. The van der Waals surface area contributed by atoms with Gasteiger partial charge in [0.05, 0.1) is 11.4 Å². The van der Waals surface area contributed by atoms with Crippen LogP contribution in [-0.2, 0) is 9.59 Å². The second-order valence-electron chi connectivity index (χ2n) is 2.38. The maximum absolute atomic E-state index is 10.00. The van der Waals surface area contributed by atoms with Gasteiger partial charge in [-0.3, -0.25) is 0 Å². The molecule has 0 aromatic heterocycles. The van der Waals surface area contributed by atoms with Gasteiger partial charge in [0.25, 0.3) is 0 Å². The number of aliphatic imine (C=N–C) groups is 2. The quantitative estimate of drug-likeness (QED) is 0.531. The van der Waals surface area contributed by atoms with Gasteiger partial charge in [-0.2, -0.15) is 9.98 Å². The highest BCUT2D eigenvalue weighted by Crippen LogP contribution is 2.23. The lowest BCUT2D eigenvalue weighted by Crippen LogP contribution is -1.73. The summed E-state index contributed by atoms with van der Waals surface area (Å²) in [6.07, 6.45) is 2.84. The first-order valence-electron chi connectivity index (χ1n) is 3.54. The molecule has 0 spiro atoms. The van der Waals surface area contributed by atoms with Gasteiger partial charge >= 0.3 is 0 Å². The molecular formula is C10H10N2O2. The number of carbonyl (C=O) groups excluding carboxylic acids is 2. The van der Waals surface area contributed by atoms with E-state index >= 15 is 0 Å². The second-order valence-corrected chi connectivity index (χ2v) is 2.38. The zero-order valence-corrected chi connectivity index (χ0v) is 6.94. The Morgan fingerprint density at radius 3 is 2.36 bits per heavy atom. The van der Waals surface area contributed by atoms with Crippen LogP contribution in [0.3, 0.4) is 0 Å². The van der Waals surface area contributed by atoms with Crippen LogP contribution >= 0.6 is 0 Å². The van der Waals surface area contributed by atoms with E-state index in [1.807, 2.05) is 0 Å². The van der Waals surface area contributed by atoms with Crippen LogP contribution in [0, 0.1) is 6.92 Å². The van der Waals surface area contributed by atoms with Gasteiger partial charge in [-0.05, 0) is 24.6 Å². The molecule has 1 aromatic carbocycles. The summed E-state index contributed by atoms with van der Waals surface area (Å²) in [5, 5.41) is 0. The van der Waals surface area contributed by atoms with E-state index < -0.39 is 0 Å². The van der Waals surface area contributed by atoms with Crippen LogP contribution in [0.4, 0.5) is 11.4 Å². The molecule has 4 nitrogen and oxygen atoms in total. The molecule has 0 unspecified atom stereocenters. The molecule has 1 rings (SSSR count). The van der Waals surface area contributed by atoms with E-state index in [2.05, 4.69) is 9.98 Å². The normalized spacial score (nSPS) is 7.79. The first-order chi connectivity index (χ1) is 6.27. The topological polar surface area (TPSA) is 58.9 Å². The molecule has 1 aromatic rings. The molecule has 0 atom stereocenters. The Bertz CT molecular complexity index is 414. The average molecular weight is 190 g/mol. The third-order valence-corrected chi connectivity index (χ3v) is 1.53. The third-order valence-electron chi connectivity index (χ3n) is 1.53. The van der Waals surface area contributed by atoms with Crippen molar-refractivity contribution in [1.29, 1.82) is 0 Å². The first kappa shape index (κ1) is 12.0. The Labute approximate surface area is 82.0 Å². The van der Waals surface area contributed by atoms with Crippen molar-refractivity contribution in [3.05, 3.63) is 23.8 Å². The van der Waals surface area contributed by atoms with Gasteiger partial charge in [0.2, 0.25) is 12.2 Å². The minimum absolute atomic E-state index is 0. The molecule has 4 heteroatoms. The molecule has 0 saturated carbocycles. The second kappa shape index (κ2) is 5.60. The van der Waals surface area contributed by atoms with Gasteiger partial charge < -0.3 is 0 Å². The van der Waals surface area contributed by atoms with Crippen LogP contribution in [0.15, 0.2) is 28.2 Å². The monoisotopic (exact) mass is 190 g/mol. The molecule has 0 fully saturated rings. The highest BCUT2D eigenvalue weighted by molar-refractivity contribution is 5.61. The largest absolute Gasteiger partial charge is 0.240 e. The van der Waals surface area contributed by atoms with Crippen molar-refractivity contribution in [3.63, 3.8) is 0 Å². The van der Waals surface area contributed by atoms with Gasteiger partial charge in [-0.15, -0.1) is 0 Å². The molecule has 0 saturated heterocycles. The van der Waals surface area contributed by atoms with Gasteiger partial charge in [-0.1, -0.05) is 13.5 Å². The van der Waals surface area contributed by atoms with E-state index in [1.165, 1.54) is 18.2 Å². The van der Waals surface area contributed by atoms with Crippen molar-refractivity contribution < 1.29 is 9.59 Å². The predicted octanol–water partition coefficient (Wildman–Crippen LogP) is 2.57. The number of hydrogen-bond donors (Lipinski definition) is 0. The highest BCUT2D eigenvalue weighted by Gasteiger charge is 1.97. The molecule has 0 bridgehead atoms. The molecular weight excluding hydrogens is 180 g/mol. The van der Waals surface area contributed by atoms with Gasteiger partial charge in [0.15, 0.2) is 0 Å². The van der Waals surface area contributed by atoms with E-state index in [1.54, 1.807) is 19.1 Å². The number of hydrogen-bond acceptors (Lipinski definition) is 4. The summed E-state index contributed by atoms with van der Waals surface area (Å²) in [5.41, 5.74) is 1.72. The van der Waals surface area contributed by atoms with Crippen LogP contribution in [-0.4, -0.2) is 12.2 Å². The lowest BCUT2D eigenvalue weighted by molar-refractivity contribution is 0.565. The lowest BCUT2D eigenvalue weighted by Gasteiger charge is -1.97. The molecule has 0 N–H and O–H groups in total. The van der Waals surface area contributed by atoms with Crippen LogP contribution in [0.1, 0.15) is 13.0 Å². The number of benzene rings is 1. The fourth-order valence-electron chi connectivity index (χ4n) is 0.890. The molecule has 0 radical (unpaired) electrons. The van der Waals surface area contributed by atoms with Crippen LogP contribution in [0.2, 0.25) is 0 Å². The van der Waals surface area contributed by atoms with Crippen molar-refractivity contribution >= 4 is 23.5 Å². The van der Waals surface area contributed by atoms with Crippen molar-refractivity contribution in [3.8, 4) is 0 Å². The fourth-order valence-corrected chi connectivity index (χ4v) is 0.890.